The molecule has 1 unspecified atom stereocenters. The van der Waals surface area contributed by atoms with Gasteiger partial charge in [-0.1, -0.05) is 36.4 Å². The van der Waals surface area contributed by atoms with Crippen LogP contribution in [-0.4, -0.2) is 73.2 Å². The number of fused-ring (bicyclic) bond motifs is 4. The van der Waals surface area contributed by atoms with Gasteiger partial charge in [-0.05, 0) is 87.9 Å². The Kier molecular flexibility index (Phi) is 7.28. The number of carbonyl (C=O) groups excluding carboxylic acids is 2. The zero-order valence-corrected chi connectivity index (χ0v) is 22.4. The summed E-state index contributed by atoms with van der Waals surface area (Å²) in [6.07, 6.45) is 3.31. The first-order valence-corrected chi connectivity index (χ1v) is 13.6. The normalized spacial score (nSPS) is 25.9. The van der Waals surface area contributed by atoms with Crippen LogP contribution in [0.5, 0.6) is 0 Å². The van der Waals surface area contributed by atoms with Gasteiger partial charge in [0, 0.05) is 30.7 Å². The van der Waals surface area contributed by atoms with Crippen molar-refractivity contribution in [2.75, 3.05) is 45.9 Å². The highest BCUT2D eigenvalue weighted by atomic mass is 16.5. The van der Waals surface area contributed by atoms with Crippen molar-refractivity contribution < 1.29 is 14.3 Å². The first kappa shape index (κ1) is 25.7. The van der Waals surface area contributed by atoms with E-state index in [1.807, 2.05) is 43.0 Å². The second-order valence-electron chi connectivity index (χ2n) is 11.5. The van der Waals surface area contributed by atoms with Gasteiger partial charge < -0.3 is 25.2 Å². The van der Waals surface area contributed by atoms with Gasteiger partial charge in [-0.15, -0.1) is 0 Å². The first-order chi connectivity index (χ1) is 17.7. The third-order valence-electron chi connectivity index (χ3n) is 8.63. The van der Waals surface area contributed by atoms with Gasteiger partial charge in [0.2, 0.25) is 0 Å². The number of ether oxygens (including phenoxy) is 1. The summed E-state index contributed by atoms with van der Waals surface area (Å²) in [7, 11) is 0. The second kappa shape index (κ2) is 10.5. The lowest BCUT2D eigenvalue weighted by Crippen LogP contribution is -2.57. The molecule has 7 nitrogen and oxygen atoms in total. The van der Waals surface area contributed by atoms with E-state index in [0.29, 0.717) is 37.8 Å². The molecule has 37 heavy (non-hydrogen) atoms. The molecule has 2 aromatic carbocycles. The van der Waals surface area contributed by atoms with Crippen LogP contribution in [0.2, 0.25) is 0 Å². The zero-order valence-electron chi connectivity index (χ0n) is 22.4. The number of amides is 3. The van der Waals surface area contributed by atoms with Crippen molar-refractivity contribution in [3.63, 3.8) is 0 Å². The molecule has 4 aliphatic rings. The standard InChI is InChI=1S/C30H40N4O3/c1-29(2,31-28(36)32-30(3)14-17-33-15-12-26(30)13-16-33)25-10-8-23(9-11-25)22-4-6-24(7-5-22)27(35)34-18-20-37-21-19-34/h4-11,26H,12-21H2,1-3H3,(H2,31,32,36). The molecule has 1 atom stereocenters. The Bertz CT molecular complexity index is 1100. The van der Waals surface area contributed by atoms with Gasteiger partial charge in [0.25, 0.3) is 5.91 Å². The summed E-state index contributed by atoms with van der Waals surface area (Å²) in [6.45, 7) is 12.1. The monoisotopic (exact) mass is 504 g/mol. The Morgan fingerprint density at radius 2 is 1.49 bits per heavy atom. The fraction of sp³-hybridized carbons (Fsp3) is 0.533. The highest BCUT2D eigenvalue weighted by Crippen LogP contribution is 2.35. The van der Waals surface area contributed by atoms with Crippen LogP contribution in [0.4, 0.5) is 4.79 Å². The largest absolute Gasteiger partial charge is 0.378 e. The lowest BCUT2D eigenvalue weighted by molar-refractivity contribution is 0.0303. The minimum absolute atomic E-state index is 0.0549. The van der Waals surface area contributed by atoms with Gasteiger partial charge >= 0.3 is 6.03 Å². The van der Waals surface area contributed by atoms with Crippen molar-refractivity contribution in [1.29, 1.82) is 0 Å². The number of urea groups is 1. The molecule has 0 aliphatic carbocycles. The molecule has 4 heterocycles. The third kappa shape index (κ3) is 5.68. The predicted molar refractivity (Wildman–Crippen MR) is 145 cm³/mol. The van der Waals surface area contributed by atoms with Gasteiger partial charge in [-0.3, -0.25) is 4.79 Å². The van der Waals surface area contributed by atoms with Crippen LogP contribution in [0.1, 0.15) is 56.0 Å². The lowest BCUT2D eigenvalue weighted by atomic mass is 9.79. The number of morpholine rings is 1. The van der Waals surface area contributed by atoms with Gasteiger partial charge in [-0.2, -0.15) is 0 Å². The fourth-order valence-electron chi connectivity index (χ4n) is 6.03. The zero-order chi connectivity index (χ0) is 26.0. The Hall–Kier alpha value is -2.90. The van der Waals surface area contributed by atoms with Crippen LogP contribution >= 0.6 is 0 Å². The number of piperidine rings is 1. The molecule has 4 aliphatic heterocycles. The van der Waals surface area contributed by atoms with Crippen LogP contribution in [-0.2, 0) is 10.3 Å². The Balaban J connectivity index is 1.21. The molecule has 4 fully saturated rings. The van der Waals surface area contributed by atoms with Crippen LogP contribution < -0.4 is 10.6 Å². The van der Waals surface area contributed by atoms with E-state index in [1.165, 1.54) is 0 Å². The SMILES string of the molecule is CC(C)(NC(=O)NC1(C)CCN2CCC1CC2)c1ccc(-c2ccc(C(=O)N3CCOCC3)cc2)cc1. The molecular formula is C30H40N4O3. The van der Waals surface area contributed by atoms with Crippen molar-refractivity contribution in [1.82, 2.24) is 20.4 Å². The van der Waals surface area contributed by atoms with E-state index >= 15 is 0 Å². The molecule has 198 valence electrons. The number of carbonyl (C=O) groups is 2. The van der Waals surface area contributed by atoms with Crippen LogP contribution in [0.25, 0.3) is 11.1 Å². The maximum Gasteiger partial charge on any atom is 0.315 e. The average Bonchev–Trinajstić information content (AvgIpc) is 3.16. The molecule has 2 N–H and O–H groups in total. The summed E-state index contributed by atoms with van der Waals surface area (Å²) in [6, 6.07) is 16.0. The molecule has 0 spiro atoms. The van der Waals surface area contributed by atoms with E-state index in [9.17, 15) is 9.59 Å². The topological polar surface area (TPSA) is 73.9 Å². The summed E-state index contributed by atoms with van der Waals surface area (Å²) in [5.41, 5.74) is 3.20. The van der Waals surface area contributed by atoms with E-state index < -0.39 is 5.54 Å². The molecule has 2 aromatic rings. The van der Waals surface area contributed by atoms with Crippen LogP contribution in [0.15, 0.2) is 48.5 Å². The minimum atomic E-state index is -0.514. The number of nitrogens with zero attached hydrogens (tertiary/aromatic N) is 2. The summed E-state index contributed by atoms with van der Waals surface area (Å²) in [5, 5.41) is 6.57. The van der Waals surface area contributed by atoms with Crippen LogP contribution in [0.3, 0.4) is 0 Å². The third-order valence-corrected chi connectivity index (χ3v) is 8.63. The minimum Gasteiger partial charge on any atom is -0.378 e. The van der Waals surface area contributed by atoms with E-state index in [2.05, 4.69) is 46.7 Å². The van der Waals surface area contributed by atoms with Crippen molar-refractivity contribution in [3.8, 4) is 11.1 Å². The van der Waals surface area contributed by atoms with E-state index in [-0.39, 0.29) is 17.5 Å². The van der Waals surface area contributed by atoms with E-state index in [0.717, 1.165) is 55.6 Å². The van der Waals surface area contributed by atoms with Gasteiger partial charge in [-0.25, -0.2) is 4.79 Å². The average molecular weight is 505 g/mol. The number of nitrogens with one attached hydrogen (secondary N) is 2. The van der Waals surface area contributed by atoms with Gasteiger partial charge in [0.05, 0.1) is 18.8 Å². The number of hydrogen-bond acceptors (Lipinski definition) is 4. The number of rotatable bonds is 5. The van der Waals surface area contributed by atoms with Crippen molar-refractivity contribution in [3.05, 3.63) is 59.7 Å². The van der Waals surface area contributed by atoms with Gasteiger partial charge in [0.15, 0.2) is 0 Å². The van der Waals surface area contributed by atoms with Crippen molar-refractivity contribution in [2.45, 2.75) is 51.1 Å². The van der Waals surface area contributed by atoms with Crippen LogP contribution in [0, 0.1) is 5.92 Å². The second-order valence-corrected chi connectivity index (χ2v) is 11.5. The Labute approximate surface area is 220 Å². The molecule has 2 bridgehead atoms. The Morgan fingerprint density at radius 3 is 2.11 bits per heavy atom. The highest BCUT2D eigenvalue weighted by Gasteiger charge is 2.41. The molecule has 3 amide bonds. The summed E-state index contributed by atoms with van der Waals surface area (Å²) in [4.78, 5) is 30.2. The number of hydrogen-bond donors (Lipinski definition) is 2. The number of benzene rings is 2. The highest BCUT2D eigenvalue weighted by molar-refractivity contribution is 5.94. The molecule has 0 radical (unpaired) electrons. The van der Waals surface area contributed by atoms with Crippen molar-refractivity contribution in [2.24, 2.45) is 5.92 Å². The summed E-state index contributed by atoms with van der Waals surface area (Å²) >= 11 is 0. The molecule has 0 aromatic heterocycles. The molecule has 4 saturated heterocycles. The predicted octanol–water partition coefficient (Wildman–Crippen LogP) is 4.23. The fourth-order valence-corrected chi connectivity index (χ4v) is 6.03. The van der Waals surface area contributed by atoms with E-state index in [1.54, 1.807) is 0 Å². The molecule has 7 heteroatoms. The molecule has 6 rings (SSSR count). The van der Waals surface area contributed by atoms with Gasteiger partial charge in [0.1, 0.15) is 0 Å². The maximum atomic E-state index is 13.1. The Morgan fingerprint density at radius 1 is 0.892 bits per heavy atom. The van der Waals surface area contributed by atoms with E-state index in [4.69, 9.17) is 4.74 Å². The first-order valence-electron chi connectivity index (χ1n) is 13.6. The summed E-state index contributed by atoms with van der Waals surface area (Å²) in [5.74, 6) is 0.592. The quantitative estimate of drug-likeness (QED) is 0.639. The summed E-state index contributed by atoms with van der Waals surface area (Å²) < 4.78 is 5.35. The maximum absolute atomic E-state index is 13.1. The molecular weight excluding hydrogens is 464 g/mol. The van der Waals surface area contributed by atoms with Crippen molar-refractivity contribution >= 4 is 11.9 Å². The smallest absolute Gasteiger partial charge is 0.315 e. The molecule has 0 saturated carbocycles. The lowest BCUT2D eigenvalue weighted by Gasteiger charge is -2.39.